The maximum absolute atomic E-state index is 12.8. The summed E-state index contributed by atoms with van der Waals surface area (Å²) in [5, 5.41) is 0. The van der Waals surface area contributed by atoms with Crippen LogP contribution in [0.4, 0.5) is 0 Å². The molecule has 1 aromatic rings. The second-order valence-corrected chi connectivity index (χ2v) is 7.02. The maximum Gasteiger partial charge on any atom is 0.253 e. The second kappa shape index (κ2) is 6.47. The van der Waals surface area contributed by atoms with Gasteiger partial charge >= 0.3 is 0 Å². The number of benzene rings is 1. The summed E-state index contributed by atoms with van der Waals surface area (Å²) in [6.07, 6.45) is 1.45. The number of morpholine rings is 1. The number of ether oxygens (including phenoxy) is 2. The molecule has 0 N–H and O–H groups in total. The molecule has 5 heteroatoms. The summed E-state index contributed by atoms with van der Waals surface area (Å²) in [6.45, 7) is 7.59. The zero-order valence-corrected chi connectivity index (χ0v) is 14.4. The Labute approximate surface area is 143 Å². The first kappa shape index (κ1) is 16.1. The molecule has 3 aliphatic heterocycles. The van der Waals surface area contributed by atoms with Gasteiger partial charge in [0.05, 0.1) is 18.8 Å². The monoisotopic (exact) mass is 330 g/mol. The van der Waals surface area contributed by atoms with Gasteiger partial charge in [0.1, 0.15) is 6.10 Å². The van der Waals surface area contributed by atoms with E-state index in [1.54, 1.807) is 0 Å². The molecule has 130 valence electrons. The molecule has 0 aliphatic carbocycles. The standard InChI is InChI=1S/C19H26N2O3/c1-2-20-11-12-23-17(13-20)18(22)21-9-7-19(8-10-21)16-6-4-3-5-15(16)14-24-19/h3-6,17H,2,7-14H2,1H3. The number of carbonyl (C=O) groups is 1. The van der Waals surface area contributed by atoms with Crippen LogP contribution in [0.5, 0.6) is 0 Å². The van der Waals surface area contributed by atoms with Crippen molar-refractivity contribution in [2.75, 3.05) is 39.3 Å². The summed E-state index contributed by atoms with van der Waals surface area (Å²) < 4.78 is 11.9. The molecule has 3 aliphatic rings. The van der Waals surface area contributed by atoms with Crippen LogP contribution in [-0.2, 0) is 26.5 Å². The fraction of sp³-hybridized carbons (Fsp3) is 0.632. The van der Waals surface area contributed by atoms with Crippen LogP contribution in [0.15, 0.2) is 24.3 Å². The molecule has 1 aromatic carbocycles. The van der Waals surface area contributed by atoms with E-state index in [1.807, 2.05) is 4.90 Å². The van der Waals surface area contributed by atoms with Crippen LogP contribution in [0.2, 0.25) is 0 Å². The van der Waals surface area contributed by atoms with Gasteiger partial charge < -0.3 is 14.4 Å². The molecular weight excluding hydrogens is 304 g/mol. The normalized spacial score (nSPS) is 26.5. The van der Waals surface area contributed by atoms with Crippen molar-refractivity contribution in [1.82, 2.24) is 9.80 Å². The van der Waals surface area contributed by atoms with Crippen molar-refractivity contribution in [3.8, 4) is 0 Å². The highest BCUT2D eigenvalue weighted by molar-refractivity contribution is 5.81. The number of likely N-dealkylation sites (tertiary alicyclic amines) is 1. The summed E-state index contributed by atoms with van der Waals surface area (Å²) in [4.78, 5) is 17.1. The Kier molecular flexibility index (Phi) is 4.33. The minimum Gasteiger partial charge on any atom is -0.366 e. The van der Waals surface area contributed by atoms with Crippen molar-refractivity contribution in [2.45, 2.75) is 38.1 Å². The van der Waals surface area contributed by atoms with E-state index in [1.165, 1.54) is 11.1 Å². The predicted octanol–water partition coefficient (Wildman–Crippen LogP) is 1.76. The lowest BCUT2D eigenvalue weighted by atomic mass is 9.83. The minimum atomic E-state index is -0.301. The Hall–Kier alpha value is -1.43. The molecule has 0 bridgehead atoms. The average Bonchev–Trinajstić information content (AvgIpc) is 3.00. The van der Waals surface area contributed by atoms with Crippen LogP contribution in [0.25, 0.3) is 0 Å². The number of amides is 1. The molecule has 24 heavy (non-hydrogen) atoms. The predicted molar refractivity (Wildman–Crippen MR) is 90.6 cm³/mol. The molecular formula is C19H26N2O3. The molecule has 0 radical (unpaired) electrons. The van der Waals surface area contributed by atoms with E-state index < -0.39 is 0 Å². The van der Waals surface area contributed by atoms with Gasteiger partial charge in [-0.2, -0.15) is 0 Å². The van der Waals surface area contributed by atoms with Crippen LogP contribution in [0.3, 0.4) is 0 Å². The highest BCUT2D eigenvalue weighted by atomic mass is 16.5. The van der Waals surface area contributed by atoms with Crippen LogP contribution in [0, 0.1) is 0 Å². The topological polar surface area (TPSA) is 42.0 Å². The molecule has 1 unspecified atom stereocenters. The average molecular weight is 330 g/mol. The smallest absolute Gasteiger partial charge is 0.253 e. The van der Waals surface area contributed by atoms with Gasteiger partial charge in [-0.1, -0.05) is 31.2 Å². The van der Waals surface area contributed by atoms with E-state index in [4.69, 9.17) is 9.47 Å². The van der Waals surface area contributed by atoms with Gasteiger partial charge in [0.25, 0.3) is 5.91 Å². The largest absolute Gasteiger partial charge is 0.366 e. The van der Waals surface area contributed by atoms with Gasteiger partial charge in [-0.15, -0.1) is 0 Å². The molecule has 0 saturated carbocycles. The highest BCUT2D eigenvalue weighted by Gasteiger charge is 2.44. The molecule has 2 fully saturated rings. The summed E-state index contributed by atoms with van der Waals surface area (Å²) in [6, 6.07) is 8.49. The van der Waals surface area contributed by atoms with E-state index in [-0.39, 0.29) is 17.6 Å². The van der Waals surface area contributed by atoms with E-state index in [0.717, 1.165) is 45.6 Å². The van der Waals surface area contributed by atoms with Gasteiger partial charge in [-0.05, 0) is 30.5 Å². The van der Waals surface area contributed by atoms with Crippen molar-refractivity contribution in [1.29, 1.82) is 0 Å². The van der Waals surface area contributed by atoms with Crippen LogP contribution in [0.1, 0.15) is 30.9 Å². The molecule has 0 aromatic heterocycles. The first-order valence-electron chi connectivity index (χ1n) is 9.07. The first-order valence-corrected chi connectivity index (χ1v) is 9.07. The molecule has 1 amide bonds. The molecule has 4 rings (SSSR count). The Morgan fingerprint density at radius 3 is 2.83 bits per heavy atom. The molecule has 1 spiro atoms. The SMILES string of the molecule is CCN1CCOC(C(=O)N2CCC3(CC2)OCc2ccccc23)C1. The minimum absolute atomic E-state index is 0.147. The number of hydrogen-bond donors (Lipinski definition) is 0. The van der Waals surface area contributed by atoms with Crippen molar-refractivity contribution < 1.29 is 14.3 Å². The molecule has 2 saturated heterocycles. The lowest BCUT2D eigenvalue weighted by molar-refractivity contribution is -0.155. The zero-order chi connectivity index (χ0) is 16.6. The van der Waals surface area contributed by atoms with Gasteiger partial charge in [0, 0.05) is 26.2 Å². The Morgan fingerprint density at radius 2 is 2.04 bits per heavy atom. The Balaban J connectivity index is 1.41. The number of piperidine rings is 1. The molecule has 3 heterocycles. The third kappa shape index (κ3) is 2.75. The number of carbonyl (C=O) groups excluding carboxylic acids is 1. The molecule has 5 nitrogen and oxygen atoms in total. The molecule has 1 atom stereocenters. The van der Waals surface area contributed by atoms with Gasteiger partial charge in [-0.3, -0.25) is 9.69 Å². The fourth-order valence-electron chi connectivity index (χ4n) is 4.23. The lowest BCUT2D eigenvalue weighted by Crippen LogP contribution is -2.54. The second-order valence-electron chi connectivity index (χ2n) is 7.02. The van der Waals surface area contributed by atoms with Crippen molar-refractivity contribution >= 4 is 5.91 Å². The van der Waals surface area contributed by atoms with Crippen molar-refractivity contribution in [3.05, 3.63) is 35.4 Å². The Bertz CT molecular complexity index is 610. The van der Waals surface area contributed by atoms with E-state index in [0.29, 0.717) is 13.2 Å². The van der Waals surface area contributed by atoms with E-state index in [9.17, 15) is 4.79 Å². The van der Waals surface area contributed by atoms with E-state index >= 15 is 0 Å². The number of hydrogen-bond acceptors (Lipinski definition) is 4. The van der Waals surface area contributed by atoms with Crippen LogP contribution in [-0.4, -0.2) is 61.1 Å². The van der Waals surface area contributed by atoms with Crippen LogP contribution >= 0.6 is 0 Å². The third-order valence-corrected chi connectivity index (χ3v) is 5.77. The summed E-state index contributed by atoms with van der Waals surface area (Å²) in [7, 11) is 0. The maximum atomic E-state index is 12.8. The highest BCUT2D eigenvalue weighted by Crippen LogP contribution is 2.44. The quantitative estimate of drug-likeness (QED) is 0.829. The number of fused-ring (bicyclic) bond motifs is 2. The van der Waals surface area contributed by atoms with Gasteiger partial charge in [0.15, 0.2) is 0 Å². The third-order valence-electron chi connectivity index (χ3n) is 5.77. The van der Waals surface area contributed by atoms with Gasteiger partial charge in [0.2, 0.25) is 0 Å². The first-order chi connectivity index (χ1) is 11.7. The van der Waals surface area contributed by atoms with Crippen molar-refractivity contribution in [3.63, 3.8) is 0 Å². The Morgan fingerprint density at radius 1 is 1.25 bits per heavy atom. The van der Waals surface area contributed by atoms with Crippen molar-refractivity contribution in [2.24, 2.45) is 0 Å². The van der Waals surface area contributed by atoms with E-state index in [2.05, 4.69) is 36.1 Å². The fourth-order valence-corrected chi connectivity index (χ4v) is 4.23. The number of rotatable bonds is 2. The van der Waals surface area contributed by atoms with Gasteiger partial charge in [-0.25, -0.2) is 0 Å². The summed E-state index contributed by atoms with van der Waals surface area (Å²) in [5.74, 6) is 0.147. The summed E-state index contributed by atoms with van der Waals surface area (Å²) >= 11 is 0. The lowest BCUT2D eigenvalue weighted by Gasteiger charge is -2.41. The summed E-state index contributed by atoms with van der Waals surface area (Å²) in [5.41, 5.74) is 2.44. The number of likely N-dealkylation sites (N-methyl/N-ethyl adjacent to an activating group) is 1. The van der Waals surface area contributed by atoms with Crippen LogP contribution < -0.4 is 0 Å². The zero-order valence-electron chi connectivity index (χ0n) is 14.4. The number of nitrogens with zero attached hydrogens (tertiary/aromatic N) is 2.